The van der Waals surface area contributed by atoms with Gasteiger partial charge in [-0.1, -0.05) is 12.1 Å². The maximum atomic E-state index is 12.1. The van der Waals surface area contributed by atoms with E-state index in [2.05, 4.69) is 5.32 Å². The van der Waals surface area contributed by atoms with E-state index in [1.165, 1.54) is 0 Å². The first-order valence-electron chi connectivity index (χ1n) is 7.13. The highest BCUT2D eigenvalue weighted by atomic mass is 16.6. The standard InChI is InChI=1S/C15H20N2O3/c18-13-4-2-12(3-5-13)10-17-11-15(20-14(17)19)6-1-8-16-9-7-15/h2-5,16,18H,1,6-11H2. The Labute approximate surface area is 118 Å². The van der Waals surface area contributed by atoms with E-state index in [0.717, 1.165) is 37.9 Å². The lowest BCUT2D eigenvalue weighted by molar-refractivity contribution is 0.0469. The molecule has 2 N–H and O–H groups in total. The van der Waals surface area contributed by atoms with Crippen molar-refractivity contribution >= 4 is 6.09 Å². The van der Waals surface area contributed by atoms with E-state index < -0.39 is 0 Å². The summed E-state index contributed by atoms with van der Waals surface area (Å²) in [5.41, 5.74) is 0.695. The second kappa shape index (κ2) is 5.32. The Balaban J connectivity index is 1.68. The number of benzene rings is 1. The fraction of sp³-hybridized carbons (Fsp3) is 0.533. The fourth-order valence-corrected chi connectivity index (χ4v) is 3.00. The normalized spacial score (nSPS) is 26.6. The second-order valence-corrected chi connectivity index (χ2v) is 5.68. The van der Waals surface area contributed by atoms with Gasteiger partial charge >= 0.3 is 6.09 Å². The molecule has 3 rings (SSSR count). The Morgan fingerprint density at radius 2 is 2.05 bits per heavy atom. The van der Waals surface area contributed by atoms with Crippen LogP contribution < -0.4 is 5.32 Å². The van der Waals surface area contributed by atoms with Crippen LogP contribution in [0, 0.1) is 0 Å². The van der Waals surface area contributed by atoms with E-state index >= 15 is 0 Å². The van der Waals surface area contributed by atoms with Crippen molar-refractivity contribution < 1.29 is 14.6 Å². The number of phenolic OH excluding ortho intramolecular Hbond substituents is 1. The quantitative estimate of drug-likeness (QED) is 0.865. The number of hydrogen-bond donors (Lipinski definition) is 2. The average molecular weight is 276 g/mol. The largest absolute Gasteiger partial charge is 0.508 e. The molecular formula is C15H20N2O3. The molecule has 0 bridgehead atoms. The predicted molar refractivity (Wildman–Crippen MR) is 74.4 cm³/mol. The monoisotopic (exact) mass is 276 g/mol. The molecule has 5 nitrogen and oxygen atoms in total. The van der Waals surface area contributed by atoms with Crippen molar-refractivity contribution in [3.8, 4) is 5.75 Å². The summed E-state index contributed by atoms with van der Waals surface area (Å²) in [6, 6.07) is 6.95. The number of carbonyl (C=O) groups is 1. The Morgan fingerprint density at radius 3 is 2.85 bits per heavy atom. The Morgan fingerprint density at radius 1 is 1.25 bits per heavy atom. The van der Waals surface area contributed by atoms with Crippen LogP contribution >= 0.6 is 0 Å². The van der Waals surface area contributed by atoms with Crippen LogP contribution in [0.2, 0.25) is 0 Å². The van der Waals surface area contributed by atoms with Crippen LogP contribution in [0.15, 0.2) is 24.3 Å². The van der Waals surface area contributed by atoms with E-state index in [4.69, 9.17) is 4.74 Å². The number of carbonyl (C=O) groups excluding carboxylic acids is 1. The van der Waals surface area contributed by atoms with Gasteiger partial charge in [0.15, 0.2) is 0 Å². The van der Waals surface area contributed by atoms with Crippen molar-refractivity contribution in [1.82, 2.24) is 10.2 Å². The maximum Gasteiger partial charge on any atom is 0.410 e. The summed E-state index contributed by atoms with van der Waals surface area (Å²) >= 11 is 0. The average Bonchev–Trinajstić information content (AvgIpc) is 2.61. The van der Waals surface area contributed by atoms with Crippen molar-refractivity contribution in [3.05, 3.63) is 29.8 Å². The smallest absolute Gasteiger partial charge is 0.410 e. The zero-order valence-corrected chi connectivity index (χ0v) is 11.5. The molecule has 2 aliphatic heterocycles. The summed E-state index contributed by atoms with van der Waals surface area (Å²) in [5, 5.41) is 12.6. The minimum absolute atomic E-state index is 0.222. The zero-order chi connectivity index (χ0) is 14.0. The van der Waals surface area contributed by atoms with Crippen molar-refractivity contribution in [3.63, 3.8) is 0 Å². The van der Waals surface area contributed by atoms with Crippen LogP contribution in [0.5, 0.6) is 5.75 Å². The summed E-state index contributed by atoms with van der Waals surface area (Å²) < 4.78 is 5.68. The highest BCUT2D eigenvalue weighted by molar-refractivity contribution is 5.70. The Kier molecular flexibility index (Phi) is 3.53. The van der Waals surface area contributed by atoms with Crippen LogP contribution in [0.25, 0.3) is 0 Å². The van der Waals surface area contributed by atoms with Crippen LogP contribution in [-0.4, -0.2) is 41.3 Å². The molecule has 108 valence electrons. The SMILES string of the molecule is O=C1OC2(CCCNCC2)CN1Cc1ccc(O)cc1. The third-order valence-corrected chi connectivity index (χ3v) is 4.09. The Hall–Kier alpha value is -1.75. The van der Waals surface area contributed by atoms with E-state index in [-0.39, 0.29) is 17.4 Å². The fourth-order valence-electron chi connectivity index (χ4n) is 3.00. The van der Waals surface area contributed by atoms with Gasteiger partial charge in [-0.25, -0.2) is 4.79 Å². The lowest BCUT2D eigenvalue weighted by atomic mass is 9.95. The number of ether oxygens (including phenoxy) is 1. The number of nitrogens with one attached hydrogen (secondary N) is 1. The van der Waals surface area contributed by atoms with E-state index in [1.54, 1.807) is 17.0 Å². The van der Waals surface area contributed by atoms with Gasteiger partial charge in [-0.3, -0.25) is 4.90 Å². The van der Waals surface area contributed by atoms with Crippen LogP contribution in [0.1, 0.15) is 24.8 Å². The van der Waals surface area contributed by atoms with Crippen molar-refractivity contribution in [2.45, 2.75) is 31.4 Å². The van der Waals surface area contributed by atoms with E-state index in [1.807, 2.05) is 12.1 Å². The first-order valence-corrected chi connectivity index (χ1v) is 7.13. The minimum atomic E-state index is -0.308. The topological polar surface area (TPSA) is 61.8 Å². The molecule has 1 unspecified atom stereocenters. The van der Waals surface area contributed by atoms with Crippen molar-refractivity contribution in [2.75, 3.05) is 19.6 Å². The molecule has 2 heterocycles. The first kappa shape index (κ1) is 13.2. The third kappa shape index (κ3) is 2.72. The molecule has 1 aromatic carbocycles. The molecule has 1 amide bonds. The van der Waals surface area contributed by atoms with Gasteiger partial charge in [0.1, 0.15) is 11.4 Å². The van der Waals surface area contributed by atoms with Gasteiger partial charge in [-0.05, 0) is 43.6 Å². The number of phenols is 1. The summed E-state index contributed by atoms with van der Waals surface area (Å²) in [5.74, 6) is 0.240. The lowest BCUT2D eigenvalue weighted by Gasteiger charge is -2.24. The van der Waals surface area contributed by atoms with E-state index in [9.17, 15) is 9.90 Å². The van der Waals surface area contributed by atoms with Gasteiger partial charge in [-0.2, -0.15) is 0 Å². The molecule has 2 saturated heterocycles. The van der Waals surface area contributed by atoms with Crippen LogP contribution in [0.4, 0.5) is 4.79 Å². The third-order valence-electron chi connectivity index (χ3n) is 4.09. The lowest BCUT2D eigenvalue weighted by Crippen LogP contribution is -2.35. The van der Waals surface area contributed by atoms with Gasteiger partial charge < -0.3 is 15.2 Å². The molecule has 1 aromatic rings. The molecule has 2 fully saturated rings. The van der Waals surface area contributed by atoms with Gasteiger partial charge in [0.25, 0.3) is 0 Å². The second-order valence-electron chi connectivity index (χ2n) is 5.68. The van der Waals surface area contributed by atoms with E-state index in [0.29, 0.717) is 13.1 Å². The van der Waals surface area contributed by atoms with Crippen molar-refractivity contribution in [1.29, 1.82) is 0 Å². The molecular weight excluding hydrogens is 256 g/mol. The molecule has 1 spiro atoms. The first-order chi connectivity index (χ1) is 9.67. The van der Waals surface area contributed by atoms with Crippen molar-refractivity contribution in [2.24, 2.45) is 0 Å². The molecule has 1 atom stereocenters. The predicted octanol–water partition coefficient (Wildman–Crippen LogP) is 1.86. The summed E-state index contributed by atoms with van der Waals surface area (Å²) in [7, 11) is 0. The molecule has 0 aliphatic carbocycles. The molecule has 20 heavy (non-hydrogen) atoms. The molecule has 0 aromatic heterocycles. The summed E-state index contributed by atoms with van der Waals surface area (Å²) in [4.78, 5) is 13.8. The number of hydrogen-bond acceptors (Lipinski definition) is 4. The minimum Gasteiger partial charge on any atom is -0.508 e. The highest BCUT2D eigenvalue weighted by Gasteiger charge is 2.44. The Bertz CT molecular complexity index is 478. The van der Waals surface area contributed by atoms with Gasteiger partial charge in [0.2, 0.25) is 0 Å². The number of rotatable bonds is 2. The van der Waals surface area contributed by atoms with Gasteiger partial charge in [0.05, 0.1) is 6.54 Å². The molecule has 2 aliphatic rings. The van der Waals surface area contributed by atoms with Crippen LogP contribution in [0.3, 0.4) is 0 Å². The maximum absolute atomic E-state index is 12.1. The highest BCUT2D eigenvalue weighted by Crippen LogP contribution is 2.32. The van der Waals surface area contributed by atoms with Gasteiger partial charge in [0, 0.05) is 13.0 Å². The molecule has 5 heteroatoms. The number of nitrogens with zero attached hydrogens (tertiary/aromatic N) is 1. The summed E-state index contributed by atoms with van der Waals surface area (Å²) in [6.45, 7) is 3.10. The number of amides is 1. The molecule has 0 saturated carbocycles. The molecule has 0 radical (unpaired) electrons. The van der Waals surface area contributed by atoms with Gasteiger partial charge in [-0.15, -0.1) is 0 Å². The zero-order valence-electron chi connectivity index (χ0n) is 11.5. The number of aromatic hydroxyl groups is 1. The summed E-state index contributed by atoms with van der Waals surface area (Å²) in [6.07, 6.45) is 2.63. The van der Waals surface area contributed by atoms with Crippen LogP contribution in [-0.2, 0) is 11.3 Å².